The van der Waals surface area contributed by atoms with E-state index in [0.29, 0.717) is 5.92 Å². The SMILES string of the molecule is PC1(c2ccccc2)CCCCCCC1c1ccccc1. The number of rotatable bonds is 2. The molecular formula is C20H25P. The molecule has 21 heavy (non-hydrogen) atoms. The van der Waals surface area contributed by atoms with Crippen LogP contribution in [0.2, 0.25) is 0 Å². The standard InChI is InChI=1S/C20H25P/c21-20(18-13-7-4-8-14-18)16-10-2-1-9-15-19(20)17-11-5-3-6-12-17/h3-8,11-14,19H,1-2,9-10,15-16,21H2. The summed E-state index contributed by atoms with van der Waals surface area (Å²) in [4.78, 5) is 0. The first-order valence-corrected chi connectivity index (χ1v) is 8.78. The van der Waals surface area contributed by atoms with Crippen molar-refractivity contribution >= 4 is 9.24 Å². The Morgan fingerprint density at radius 2 is 1.38 bits per heavy atom. The summed E-state index contributed by atoms with van der Waals surface area (Å²) in [6.07, 6.45) is 8.01. The lowest BCUT2D eigenvalue weighted by Gasteiger charge is -2.40. The minimum atomic E-state index is 0.184. The molecule has 0 radical (unpaired) electrons. The van der Waals surface area contributed by atoms with Crippen molar-refractivity contribution in [1.82, 2.24) is 0 Å². The molecule has 3 unspecified atom stereocenters. The Labute approximate surface area is 131 Å². The summed E-state index contributed by atoms with van der Waals surface area (Å²) >= 11 is 0. The van der Waals surface area contributed by atoms with Crippen LogP contribution in [0.4, 0.5) is 0 Å². The monoisotopic (exact) mass is 296 g/mol. The first kappa shape index (κ1) is 14.8. The van der Waals surface area contributed by atoms with Crippen LogP contribution in [0, 0.1) is 0 Å². The van der Waals surface area contributed by atoms with Crippen LogP contribution in [-0.4, -0.2) is 0 Å². The predicted octanol–water partition coefficient (Wildman–Crippen LogP) is 5.90. The fraction of sp³-hybridized carbons (Fsp3) is 0.400. The summed E-state index contributed by atoms with van der Waals surface area (Å²) < 4.78 is 0. The molecule has 3 atom stereocenters. The molecule has 0 spiro atoms. The molecule has 110 valence electrons. The molecule has 0 saturated heterocycles. The van der Waals surface area contributed by atoms with E-state index >= 15 is 0 Å². The molecule has 1 aliphatic carbocycles. The van der Waals surface area contributed by atoms with Gasteiger partial charge in [0.25, 0.3) is 0 Å². The van der Waals surface area contributed by atoms with Crippen LogP contribution < -0.4 is 0 Å². The highest BCUT2D eigenvalue weighted by Crippen LogP contribution is 2.51. The largest absolute Gasteiger partial charge is 0.126 e. The van der Waals surface area contributed by atoms with Crippen molar-refractivity contribution in [1.29, 1.82) is 0 Å². The molecule has 3 rings (SSSR count). The van der Waals surface area contributed by atoms with Crippen molar-refractivity contribution in [3.8, 4) is 0 Å². The highest BCUT2D eigenvalue weighted by Gasteiger charge is 2.37. The summed E-state index contributed by atoms with van der Waals surface area (Å²) in [5.74, 6) is 0.603. The molecule has 0 aromatic heterocycles. The number of hydrogen-bond acceptors (Lipinski definition) is 0. The molecule has 0 N–H and O–H groups in total. The third-order valence-electron chi connectivity index (χ3n) is 4.97. The Kier molecular flexibility index (Phi) is 4.76. The van der Waals surface area contributed by atoms with Crippen LogP contribution in [0.1, 0.15) is 55.6 Å². The van der Waals surface area contributed by atoms with Crippen LogP contribution in [0.15, 0.2) is 60.7 Å². The Hall–Kier alpha value is -1.13. The average molecular weight is 296 g/mol. The van der Waals surface area contributed by atoms with E-state index < -0.39 is 0 Å². The molecule has 1 saturated carbocycles. The molecule has 2 aromatic carbocycles. The second-order valence-electron chi connectivity index (χ2n) is 6.32. The molecule has 2 aromatic rings. The second-order valence-corrected chi connectivity index (χ2v) is 7.35. The lowest BCUT2D eigenvalue weighted by Crippen LogP contribution is -2.28. The predicted molar refractivity (Wildman–Crippen MR) is 94.7 cm³/mol. The average Bonchev–Trinajstić information content (AvgIpc) is 2.53. The van der Waals surface area contributed by atoms with Crippen LogP contribution in [0.25, 0.3) is 0 Å². The second kappa shape index (κ2) is 6.75. The topological polar surface area (TPSA) is 0 Å². The zero-order valence-electron chi connectivity index (χ0n) is 12.7. The van der Waals surface area contributed by atoms with E-state index in [1.807, 2.05) is 0 Å². The molecule has 0 amide bonds. The van der Waals surface area contributed by atoms with Gasteiger partial charge in [-0.1, -0.05) is 86.3 Å². The molecule has 1 aliphatic rings. The highest BCUT2D eigenvalue weighted by atomic mass is 31.0. The van der Waals surface area contributed by atoms with Gasteiger partial charge in [-0.15, -0.1) is 9.24 Å². The summed E-state index contributed by atoms with van der Waals surface area (Å²) in [6, 6.07) is 22.2. The smallest absolute Gasteiger partial charge is 0.0166 e. The van der Waals surface area contributed by atoms with Crippen molar-refractivity contribution in [3.63, 3.8) is 0 Å². The minimum absolute atomic E-state index is 0.184. The van der Waals surface area contributed by atoms with Gasteiger partial charge in [-0.2, -0.15) is 0 Å². The van der Waals surface area contributed by atoms with Crippen LogP contribution in [0.3, 0.4) is 0 Å². The molecule has 0 heterocycles. The Morgan fingerprint density at radius 1 is 0.762 bits per heavy atom. The minimum Gasteiger partial charge on any atom is -0.126 e. The molecule has 0 bridgehead atoms. The normalized spacial score (nSPS) is 26.8. The first-order chi connectivity index (χ1) is 10.3. The van der Waals surface area contributed by atoms with Gasteiger partial charge >= 0.3 is 0 Å². The van der Waals surface area contributed by atoms with E-state index in [2.05, 4.69) is 69.9 Å². The van der Waals surface area contributed by atoms with Crippen molar-refractivity contribution < 1.29 is 0 Å². The van der Waals surface area contributed by atoms with E-state index in [0.717, 1.165) is 0 Å². The number of benzene rings is 2. The lowest BCUT2D eigenvalue weighted by molar-refractivity contribution is 0.372. The van der Waals surface area contributed by atoms with E-state index in [9.17, 15) is 0 Å². The molecular weight excluding hydrogens is 271 g/mol. The third kappa shape index (κ3) is 3.22. The summed E-state index contributed by atoms with van der Waals surface area (Å²) in [7, 11) is 3.25. The van der Waals surface area contributed by atoms with E-state index in [1.54, 1.807) is 0 Å². The zero-order valence-corrected chi connectivity index (χ0v) is 13.8. The zero-order chi connectivity index (χ0) is 14.5. The van der Waals surface area contributed by atoms with Crippen molar-refractivity contribution in [2.24, 2.45) is 0 Å². The fourth-order valence-electron chi connectivity index (χ4n) is 3.79. The van der Waals surface area contributed by atoms with E-state index in [4.69, 9.17) is 0 Å². The Bertz CT molecular complexity index is 549. The van der Waals surface area contributed by atoms with Gasteiger partial charge in [0.15, 0.2) is 0 Å². The maximum Gasteiger partial charge on any atom is 0.0166 e. The molecule has 0 nitrogen and oxygen atoms in total. The maximum absolute atomic E-state index is 3.25. The maximum atomic E-state index is 3.25. The molecule has 1 fully saturated rings. The Morgan fingerprint density at radius 3 is 2.10 bits per heavy atom. The van der Waals surface area contributed by atoms with Gasteiger partial charge in [-0.25, -0.2) is 0 Å². The van der Waals surface area contributed by atoms with Gasteiger partial charge < -0.3 is 0 Å². The van der Waals surface area contributed by atoms with Crippen molar-refractivity contribution in [2.75, 3.05) is 0 Å². The third-order valence-corrected chi connectivity index (χ3v) is 5.99. The van der Waals surface area contributed by atoms with Crippen molar-refractivity contribution in [3.05, 3.63) is 71.8 Å². The van der Waals surface area contributed by atoms with Gasteiger partial charge in [0.2, 0.25) is 0 Å². The first-order valence-electron chi connectivity index (χ1n) is 8.20. The van der Waals surface area contributed by atoms with E-state index in [1.165, 1.54) is 49.7 Å². The van der Waals surface area contributed by atoms with Crippen molar-refractivity contribution in [2.45, 2.75) is 49.6 Å². The number of hydrogen-bond donors (Lipinski definition) is 0. The summed E-state index contributed by atoms with van der Waals surface area (Å²) in [5.41, 5.74) is 2.98. The van der Waals surface area contributed by atoms with E-state index in [-0.39, 0.29) is 5.16 Å². The summed E-state index contributed by atoms with van der Waals surface area (Å²) in [5, 5.41) is 0.184. The van der Waals surface area contributed by atoms with Gasteiger partial charge in [0.1, 0.15) is 0 Å². The molecule has 0 aliphatic heterocycles. The van der Waals surface area contributed by atoms with Gasteiger partial charge in [-0.05, 0) is 29.9 Å². The fourth-order valence-corrected chi connectivity index (χ4v) is 4.55. The van der Waals surface area contributed by atoms with Gasteiger partial charge in [0, 0.05) is 5.16 Å². The highest BCUT2D eigenvalue weighted by molar-refractivity contribution is 7.18. The van der Waals surface area contributed by atoms with Crippen LogP contribution in [-0.2, 0) is 5.16 Å². The van der Waals surface area contributed by atoms with Crippen LogP contribution in [0.5, 0.6) is 0 Å². The summed E-state index contributed by atoms with van der Waals surface area (Å²) in [6.45, 7) is 0. The van der Waals surface area contributed by atoms with Gasteiger partial charge in [0.05, 0.1) is 0 Å². The van der Waals surface area contributed by atoms with Gasteiger partial charge in [-0.3, -0.25) is 0 Å². The van der Waals surface area contributed by atoms with Crippen LogP contribution >= 0.6 is 9.24 Å². The quantitative estimate of drug-likeness (QED) is 0.606. The lowest BCUT2D eigenvalue weighted by atomic mass is 9.73. The molecule has 1 heteroatoms. The Balaban J connectivity index is 2.02.